The number of amides is 1. The molecule has 0 radical (unpaired) electrons. The molecule has 0 bridgehead atoms. The number of carbonyl (C=O) groups is 1. The van der Waals surface area contributed by atoms with Gasteiger partial charge in [-0.1, -0.05) is 11.6 Å². The smallest absolute Gasteiger partial charge is 0.233 e. The summed E-state index contributed by atoms with van der Waals surface area (Å²) < 4.78 is 5.46. The maximum Gasteiger partial charge on any atom is 0.233 e. The van der Waals surface area contributed by atoms with Crippen LogP contribution in [0.15, 0.2) is 12.4 Å². The van der Waals surface area contributed by atoms with E-state index in [1.165, 1.54) is 12.4 Å². The van der Waals surface area contributed by atoms with Crippen molar-refractivity contribution >= 4 is 29.1 Å². The second-order valence-electron chi connectivity index (χ2n) is 4.09. The van der Waals surface area contributed by atoms with Crippen molar-refractivity contribution in [3.8, 4) is 5.88 Å². The van der Waals surface area contributed by atoms with E-state index in [9.17, 15) is 4.79 Å². The van der Waals surface area contributed by atoms with Crippen LogP contribution in [0.5, 0.6) is 5.88 Å². The Balaban J connectivity index is 1.70. The maximum absolute atomic E-state index is 11.5. The van der Waals surface area contributed by atoms with Crippen molar-refractivity contribution in [2.24, 2.45) is 5.92 Å². The number of alkyl halides is 1. The van der Waals surface area contributed by atoms with Crippen molar-refractivity contribution < 1.29 is 9.53 Å². The molecule has 7 heteroatoms. The fourth-order valence-corrected chi connectivity index (χ4v) is 2.02. The predicted molar refractivity (Wildman–Crippen MR) is 67.9 cm³/mol. The summed E-state index contributed by atoms with van der Waals surface area (Å²) in [4.78, 5) is 21.1. The summed E-state index contributed by atoms with van der Waals surface area (Å²) in [6.45, 7) is 1.94. The van der Waals surface area contributed by atoms with Crippen LogP contribution in [0.2, 0.25) is 5.15 Å². The highest BCUT2D eigenvalue weighted by molar-refractivity contribution is 6.29. The lowest BCUT2D eigenvalue weighted by atomic mass is 10.0. The number of nitrogens with zero attached hydrogens (tertiary/aromatic N) is 3. The highest BCUT2D eigenvalue weighted by atomic mass is 35.5. The van der Waals surface area contributed by atoms with Crippen molar-refractivity contribution in [2.45, 2.75) is 6.42 Å². The van der Waals surface area contributed by atoms with Gasteiger partial charge in [0.25, 0.3) is 0 Å². The van der Waals surface area contributed by atoms with Gasteiger partial charge in [0.05, 0.1) is 19.0 Å². The number of halogens is 2. The molecule has 0 aliphatic carbocycles. The molecule has 0 spiro atoms. The molecule has 18 heavy (non-hydrogen) atoms. The third kappa shape index (κ3) is 3.46. The van der Waals surface area contributed by atoms with Crippen molar-refractivity contribution in [1.29, 1.82) is 0 Å². The van der Waals surface area contributed by atoms with Gasteiger partial charge in [-0.05, 0) is 0 Å². The number of hydrogen-bond donors (Lipinski definition) is 0. The first-order valence-corrected chi connectivity index (χ1v) is 6.54. The van der Waals surface area contributed by atoms with E-state index in [1.807, 2.05) is 0 Å². The van der Waals surface area contributed by atoms with Crippen LogP contribution < -0.4 is 4.74 Å². The summed E-state index contributed by atoms with van der Waals surface area (Å²) in [6.07, 6.45) is 3.36. The van der Waals surface area contributed by atoms with E-state index < -0.39 is 0 Å². The first-order valence-electron chi connectivity index (χ1n) is 5.63. The molecule has 1 fully saturated rings. The van der Waals surface area contributed by atoms with Gasteiger partial charge in [0, 0.05) is 31.3 Å². The zero-order chi connectivity index (χ0) is 13.0. The third-order valence-electron chi connectivity index (χ3n) is 2.67. The molecule has 0 atom stereocenters. The minimum Gasteiger partial charge on any atom is -0.476 e. The minimum absolute atomic E-state index is 0.101. The fraction of sp³-hybridized carbons (Fsp3) is 0.545. The van der Waals surface area contributed by atoms with Crippen LogP contribution in [0.4, 0.5) is 0 Å². The summed E-state index contributed by atoms with van der Waals surface area (Å²) in [6, 6.07) is 0. The number of carbonyl (C=O) groups excluding carboxylic acids is 1. The van der Waals surface area contributed by atoms with Gasteiger partial charge >= 0.3 is 0 Å². The van der Waals surface area contributed by atoms with Crippen LogP contribution in [-0.4, -0.2) is 46.4 Å². The van der Waals surface area contributed by atoms with Crippen LogP contribution >= 0.6 is 23.2 Å². The third-order valence-corrected chi connectivity index (χ3v) is 3.04. The lowest BCUT2D eigenvalue weighted by Crippen LogP contribution is -2.52. The molecule has 1 aliphatic heterocycles. The molecule has 0 saturated carbocycles. The fourth-order valence-electron chi connectivity index (χ4n) is 1.72. The number of aromatic nitrogens is 2. The molecule has 2 heterocycles. The van der Waals surface area contributed by atoms with Crippen LogP contribution in [0.1, 0.15) is 6.42 Å². The average molecular weight is 290 g/mol. The monoisotopic (exact) mass is 289 g/mol. The quantitative estimate of drug-likeness (QED) is 0.773. The molecule has 98 valence electrons. The van der Waals surface area contributed by atoms with E-state index in [2.05, 4.69) is 9.97 Å². The normalized spacial score (nSPS) is 15.3. The first-order chi connectivity index (χ1) is 8.69. The predicted octanol–water partition coefficient (Wildman–Crippen LogP) is 1.60. The maximum atomic E-state index is 11.5. The molecule has 5 nitrogen and oxygen atoms in total. The molecule has 1 aliphatic rings. The Morgan fingerprint density at radius 3 is 2.94 bits per heavy atom. The number of hydrogen-bond acceptors (Lipinski definition) is 4. The topological polar surface area (TPSA) is 55.3 Å². The van der Waals surface area contributed by atoms with Crippen molar-refractivity contribution in [3.05, 3.63) is 17.5 Å². The Hall–Kier alpha value is -1.07. The van der Waals surface area contributed by atoms with E-state index in [0.29, 0.717) is 48.9 Å². The summed E-state index contributed by atoms with van der Waals surface area (Å²) in [5.41, 5.74) is 0. The van der Waals surface area contributed by atoms with Gasteiger partial charge in [0.15, 0.2) is 5.15 Å². The molecule has 1 aromatic rings. The van der Waals surface area contributed by atoms with Gasteiger partial charge in [0.1, 0.15) is 0 Å². The second-order valence-corrected chi connectivity index (χ2v) is 4.86. The van der Waals surface area contributed by atoms with Gasteiger partial charge in [0.2, 0.25) is 11.8 Å². The Kier molecular flexibility index (Phi) is 4.60. The molecule has 2 rings (SSSR count). The molecule has 0 unspecified atom stereocenters. The zero-order valence-corrected chi connectivity index (χ0v) is 11.2. The van der Waals surface area contributed by atoms with E-state index >= 15 is 0 Å². The number of ether oxygens (including phenoxy) is 1. The summed E-state index contributed by atoms with van der Waals surface area (Å²) in [7, 11) is 0. The molecule has 0 N–H and O–H groups in total. The van der Waals surface area contributed by atoms with E-state index in [4.69, 9.17) is 27.9 Å². The molecule has 1 amide bonds. The summed E-state index contributed by atoms with van der Waals surface area (Å²) >= 11 is 11.2. The van der Waals surface area contributed by atoms with Crippen molar-refractivity contribution in [1.82, 2.24) is 14.9 Å². The lowest BCUT2D eigenvalue weighted by Gasteiger charge is -2.38. The SMILES string of the molecule is O=C(CCCl)N1CC(COc2cncc(Cl)n2)C1. The Bertz CT molecular complexity index is 425. The first kappa shape index (κ1) is 13.4. The highest BCUT2D eigenvalue weighted by Crippen LogP contribution is 2.18. The van der Waals surface area contributed by atoms with Gasteiger partial charge < -0.3 is 9.64 Å². The Labute approximate surface area is 115 Å². The number of rotatable bonds is 5. The molecule has 0 aromatic carbocycles. The van der Waals surface area contributed by atoms with Gasteiger partial charge in [-0.15, -0.1) is 11.6 Å². The highest BCUT2D eigenvalue weighted by Gasteiger charge is 2.30. The zero-order valence-electron chi connectivity index (χ0n) is 9.68. The van der Waals surface area contributed by atoms with E-state index in [-0.39, 0.29) is 5.91 Å². The van der Waals surface area contributed by atoms with Crippen LogP contribution in [0.3, 0.4) is 0 Å². The van der Waals surface area contributed by atoms with Gasteiger partial charge in [-0.2, -0.15) is 4.98 Å². The second kappa shape index (κ2) is 6.20. The average Bonchev–Trinajstić information content (AvgIpc) is 2.27. The van der Waals surface area contributed by atoms with Crippen LogP contribution in [-0.2, 0) is 4.79 Å². The summed E-state index contributed by atoms with van der Waals surface area (Å²) in [5, 5.41) is 0.306. The van der Waals surface area contributed by atoms with Crippen LogP contribution in [0.25, 0.3) is 0 Å². The van der Waals surface area contributed by atoms with Crippen LogP contribution in [0, 0.1) is 5.92 Å². The van der Waals surface area contributed by atoms with Crippen molar-refractivity contribution in [2.75, 3.05) is 25.6 Å². The minimum atomic E-state index is 0.101. The molecule has 1 saturated heterocycles. The Morgan fingerprint density at radius 1 is 1.50 bits per heavy atom. The molecular weight excluding hydrogens is 277 g/mol. The number of likely N-dealkylation sites (tertiary alicyclic amines) is 1. The van der Waals surface area contributed by atoms with Gasteiger partial charge in [-0.25, -0.2) is 0 Å². The largest absolute Gasteiger partial charge is 0.476 e. The van der Waals surface area contributed by atoms with E-state index in [0.717, 1.165) is 0 Å². The lowest BCUT2D eigenvalue weighted by molar-refractivity contribution is -0.137. The standard InChI is InChI=1S/C11H13Cl2N3O2/c12-2-1-11(17)16-5-8(6-16)7-18-10-4-14-3-9(13)15-10/h3-4,8H,1-2,5-7H2. The molecular formula is C11H13Cl2N3O2. The van der Waals surface area contributed by atoms with Crippen molar-refractivity contribution in [3.63, 3.8) is 0 Å². The van der Waals surface area contributed by atoms with E-state index in [1.54, 1.807) is 4.90 Å². The molecule has 1 aromatic heterocycles. The summed E-state index contributed by atoms with van der Waals surface area (Å²) in [5.74, 6) is 1.22. The Morgan fingerprint density at radius 2 is 2.28 bits per heavy atom. The van der Waals surface area contributed by atoms with Gasteiger partial charge in [-0.3, -0.25) is 9.78 Å².